The molecule has 0 unspecified atom stereocenters. The van der Waals surface area contributed by atoms with Gasteiger partial charge in [-0.05, 0) is 23.8 Å². The lowest BCUT2D eigenvalue weighted by molar-refractivity contribution is 0.112. The fourth-order valence-corrected chi connectivity index (χ4v) is 2.18. The van der Waals surface area contributed by atoms with E-state index in [1.54, 1.807) is 6.21 Å². The first-order valence-electron chi connectivity index (χ1n) is 6.60. The van der Waals surface area contributed by atoms with E-state index in [0.29, 0.717) is 11.8 Å². The van der Waals surface area contributed by atoms with Crippen molar-refractivity contribution in [2.45, 2.75) is 6.61 Å². The summed E-state index contributed by atoms with van der Waals surface area (Å²) < 4.78 is 6.49. The van der Waals surface area contributed by atoms with Crippen LogP contribution >= 0.6 is 15.9 Å². The predicted molar refractivity (Wildman–Crippen MR) is 86.3 cm³/mol. The van der Waals surface area contributed by atoms with Crippen LogP contribution < -0.4 is 0 Å². The number of halogens is 1. The van der Waals surface area contributed by atoms with Crippen LogP contribution in [0.4, 0.5) is 0 Å². The molecule has 0 spiro atoms. The van der Waals surface area contributed by atoms with Crippen molar-refractivity contribution in [2.75, 3.05) is 0 Å². The zero-order valence-electron chi connectivity index (χ0n) is 11.5. The molecule has 6 heteroatoms. The lowest BCUT2D eigenvalue weighted by Crippen LogP contribution is -1.88. The maximum Gasteiger partial charge on any atom is 0.257 e. The Hall–Kier alpha value is -2.47. The van der Waals surface area contributed by atoms with Gasteiger partial charge in [-0.2, -0.15) is 0 Å². The summed E-state index contributed by atoms with van der Waals surface area (Å²) in [5.41, 5.74) is 1.81. The highest BCUT2D eigenvalue weighted by molar-refractivity contribution is 9.10. The zero-order valence-corrected chi connectivity index (χ0v) is 13.1. The molecule has 3 aromatic rings. The monoisotopic (exact) mass is 357 g/mol. The largest absolute Gasteiger partial charge is 0.417 e. The van der Waals surface area contributed by atoms with Crippen LogP contribution in [-0.4, -0.2) is 16.4 Å². The van der Waals surface area contributed by atoms with Crippen LogP contribution in [0.3, 0.4) is 0 Å². The summed E-state index contributed by atoms with van der Waals surface area (Å²) >= 11 is 3.41. The van der Waals surface area contributed by atoms with E-state index in [0.717, 1.165) is 15.6 Å². The van der Waals surface area contributed by atoms with Gasteiger partial charge in [0.2, 0.25) is 5.89 Å². The minimum absolute atomic E-state index is 0.129. The number of aromatic nitrogens is 2. The summed E-state index contributed by atoms with van der Waals surface area (Å²) in [5, 5.41) is 11.8. The molecule has 1 aromatic heterocycles. The molecule has 0 saturated heterocycles. The number of benzene rings is 2. The number of oxime groups is 1. The van der Waals surface area contributed by atoms with Crippen LogP contribution in [0.15, 0.2) is 68.6 Å². The molecule has 0 N–H and O–H groups in total. The van der Waals surface area contributed by atoms with Gasteiger partial charge in [0.1, 0.15) is 0 Å². The Bertz CT molecular complexity index is 772. The molecule has 2 aromatic carbocycles. The van der Waals surface area contributed by atoms with E-state index < -0.39 is 0 Å². The highest BCUT2D eigenvalue weighted by Gasteiger charge is 2.08. The average Bonchev–Trinajstić information content (AvgIpc) is 3.02. The van der Waals surface area contributed by atoms with Gasteiger partial charge >= 0.3 is 0 Å². The molecule has 110 valence electrons. The Kier molecular flexibility index (Phi) is 4.60. The molecule has 0 amide bonds. The maximum atomic E-state index is 5.54. The Morgan fingerprint density at radius 3 is 2.77 bits per heavy atom. The molecule has 0 aliphatic rings. The van der Waals surface area contributed by atoms with E-state index in [4.69, 9.17) is 9.25 Å². The minimum atomic E-state index is 0.129. The van der Waals surface area contributed by atoms with Crippen LogP contribution in [0.5, 0.6) is 0 Å². The lowest BCUT2D eigenvalue weighted by Gasteiger charge is -1.96. The van der Waals surface area contributed by atoms with E-state index in [9.17, 15) is 0 Å². The van der Waals surface area contributed by atoms with E-state index >= 15 is 0 Å². The van der Waals surface area contributed by atoms with Crippen LogP contribution in [0.25, 0.3) is 11.5 Å². The maximum absolute atomic E-state index is 5.54. The van der Waals surface area contributed by atoms with Gasteiger partial charge < -0.3 is 9.25 Å². The first-order valence-corrected chi connectivity index (χ1v) is 7.39. The molecule has 0 aliphatic carbocycles. The highest BCUT2D eigenvalue weighted by Crippen LogP contribution is 2.21. The molecule has 0 fully saturated rings. The molecule has 0 saturated carbocycles. The SMILES string of the molecule is Brc1cccc(-c2nnc(CON=Cc3ccccc3)o2)c1. The van der Waals surface area contributed by atoms with Gasteiger partial charge in [0, 0.05) is 10.0 Å². The third-order valence-electron chi connectivity index (χ3n) is 2.80. The third kappa shape index (κ3) is 3.79. The van der Waals surface area contributed by atoms with Gasteiger partial charge in [-0.3, -0.25) is 0 Å². The molecule has 0 radical (unpaired) electrons. The summed E-state index contributed by atoms with van der Waals surface area (Å²) in [6.07, 6.45) is 1.63. The first kappa shape index (κ1) is 14.5. The molecule has 1 heterocycles. The number of hydrogen-bond donors (Lipinski definition) is 0. The van der Waals surface area contributed by atoms with Crippen LogP contribution in [0.2, 0.25) is 0 Å². The zero-order chi connectivity index (χ0) is 15.2. The molecular weight excluding hydrogens is 346 g/mol. The molecule has 0 bridgehead atoms. The molecular formula is C16H12BrN3O2. The van der Waals surface area contributed by atoms with Crippen molar-refractivity contribution in [3.05, 3.63) is 70.5 Å². The van der Waals surface area contributed by atoms with Gasteiger partial charge in [-0.1, -0.05) is 57.5 Å². The van der Waals surface area contributed by atoms with E-state index in [-0.39, 0.29) is 6.61 Å². The standard InChI is InChI=1S/C16H12BrN3O2/c17-14-8-4-7-13(9-14)16-20-19-15(22-16)11-21-18-10-12-5-2-1-3-6-12/h1-10H,11H2. The summed E-state index contributed by atoms with van der Waals surface area (Å²) in [6.45, 7) is 0.129. The lowest BCUT2D eigenvalue weighted by atomic mass is 10.2. The van der Waals surface area contributed by atoms with E-state index in [2.05, 4.69) is 31.3 Å². The second kappa shape index (κ2) is 7.00. The molecule has 22 heavy (non-hydrogen) atoms. The van der Waals surface area contributed by atoms with E-state index in [1.165, 1.54) is 0 Å². The van der Waals surface area contributed by atoms with Crippen molar-refractivity contribution in [2.24, 2.45) is 5.16 Å². The Morgan fingerprint density at radius 2 is 1.95 bits per heavy atom. The topological polar surface area (TPSA) is 60.5 Å². The molecule has 5 nitrogen and oxygen atoms in total. The Morgan fingerprint density at radius 1 is 1.09 bits per heavy atom. The normalized spacial score (nSPS) is 11.0. The second-order valence-corrected chi connectivity index (χ2v) is 5.35. The fraction of sp³-hybridized carbons (Fsp3) is 0.0625. The summed E-state index contributed by atoms with van der Waals surface area (Å²) in [5.74, 6) is 0.826. The van der Waals surface area contributed by atoms with Crippen LogP contribution in [0.1, 0.15) is 11.5 Å². The molecule has 3 rings (SSSR count). The van der Waals surface area contributed by atoms with Crippen molar-refractivity contribution < 1.29 is 9.25 Å². The van der Waals surface area contributed by atoms with Crippen molar-refractivity contribution in [1.29, 1.82) is 0 Å². The van der Waals surface area contributed by atoms with Gasteiger partial charge in [0.15, 0.2) is 6.61 Å². The second-order valence-electron chi connectivity index (χ2n) is 4.43. The minimum Gasteiger partial charge on any atom is -0.417 e. The summed E-state index contributed by atoms with van der Waals surface area (Å²) in [7, 11) is 0. The number of nitrogens with zero attached hydrogens (tertiary/aromatic N) is 3. The Balaban J connectivity index is 1.59. The van der Waals surface area contributed by atoms with Crippen molar-refractivity contribution in [3.8, 4) is 11.5 Å². The summed E-state index contributed by atoms with van der Waals surface area (Å²) in [4.78, 5) is 5.16. The number of hydrogen-bond acceptors (Lipinski definition) is 5. The quantitative estimate of drug-likeness (QED) is 0.510. The van der Waals surface area contributed by atoms with Gasteiger partial charge in [0.25, 0.3) is 5.89 Å². The number of rotatable bonds is 5. The first-order chi connectivity index (χ1) is 10.8. The predicted octanol–water partition coefficient (Wildman–Crippen LogP) is 4.05. The molecule has 0 aliphatic heterocycles. The van der Waals surface area contributed by atoms with Gasteiger partial charge in [-0.15, -0.1) is 10.2 Å². The van der Waals surface area contributed by atoms with Gasteiger partial charge in [-0.25, -0.2) is 0 Å². The van der Waals surface area contributed by atoms with Crippen molar-refractivity contribution in [1.82, 2.24) is 10.2 Å². The van der Waals surface area contributed by atoms with Gasteiger partial charge in [0.05, 0.1) is 6.21 Å². The molecule has 0 atom stereocenters. The fourth-order valence-electron chi connectivity index (χ4n) is 1.78. The van der Waals surface area contributed by atoms with E-state index in [1.807, 2.05) is 54.6 Å². The third-order valence-corrected chi connectivity index (χ3v) is 3.30. The highest BCUT2D eigenvalue weighted by atomic mass is 79.9. The average molecular weight is 358 g/mol. The van der Waals surface area contributed by atoms with Crippen LogP contribution in [0, 0.1) is 0 Å². The summed E-state index contributed by atoms with van der Waals surface area (Å²) in [6, 6.07) is 17.3. The van der Waals surface area contributed by atoms with Crippen molar-refractivity contribution >= 4 is 22.1 Å². The Labute approximate surface area is 135 Å². The van der Waals surface area contributed by atoms with Crippen LogP contribution in [-0.2, 0) is 11.4 Å². The smallest absolute Gasteiger partial charge is 0.257 e. The van der Waals surface area contributed by atoms with Crippen molar-refractivity contribution in [3.63, 3.8) is 0 Å².